The Morgan fingerprint density at radius 3 is 2.64 bits per heavy atom. The SMILES string of the molecule is CC1(C)COP(=O)(OCc2ccccc2)O[C@@H]1C(=O)NCCC(=O)NCCS. The molecule has 1 aliphatic heterocycles. The van der Waals surface area contributed by atoms with Crippen molar-refractivity contribution in [3.8, 4) is 0 Å². The average molecular weight is 430 g/mol. The molecule has 0 saturated carbocycles. The van der Waals surface area contributed by atoms with Crippen LogP contribution in [0.1, 0.15) is 25.8 Å². The normalized spacial score (nSPS) is 23.8. The van der Waals surface area contributed by atoms with Gasteiger partial charge in [0.15, 0.2) is 6.10 Å². The Morgan fingerprint density at radius 1 is 1.25 bits per heavy atom. The maximum absolute atomic E-state index is 12.8. The molecule has 2 atom stereocenters. The van der Waals surface area contributed by atoms with Gasteiger partial charge in [-0.15, -0.1) is 0 Å². The van der Waals surface area contributed by atoms with Crippen molar-refractivity contribution in [1.29, 1.82) is 0 Å². The lowest BCUT2D eigenvalue weighted by Gasteiger charge is -2.39. The van der Waals surface area contributed by atoms with Crippen molar-refractivity contribution >= 4 is 32.3 Å². The smallest absolute Gasteiger partial charge is 0.355 e. The number of amides is 2. The molecule has 1 saturated heterocycles. The van der Waals surface area contributed by atoms with Crippen molar-refractivity contribution in [2.45, 2.75) is 33.0 Å². The Labute approximate surface area is 170 Å². The molecule has 0 bridgehead atoms. The Balaban J connectivity index is 1.90. The lowest BCUT2D eigenvalue weighted by Crippen LogP contribution is -2.50. The molecule has 1 aliphatic rings. The number of benzene rings is 1. The predicted octanol–water partition coefficient (Wildman–Crippen LogP) is 2.31. The highest BCUT2D eigenvalue weighted by Crippen LogP contribution is 2.57. The van der Waals surface area contributed by atoms with E-state index in [1.165, 1.54) is 0 Å². The van der Waals surface area contributed by atoms with Gasteiger partial charge in [-0.25, -0.2) is 4.57 Å². The zero-order chi connectivity index (χ0) is 20.6. The minimum Gasteiger partial charge on any atom is -0.355 e. The maximum Gasteiger partial charge on any atom is 0.475 e. The minimum absolute atomic E-state index is 0.0399. The van der Waals surface area contributed by atoms with E-state index < -0.39 is 25.2 Å². The number of nitrogens with one attached hydrogen (secondary N) is 2. The molecule has 0 radical (unpaired) electrons. The van der Waals surface area contributed by atoms with Crippen molar-refractivity contribution in [3.05, 3.63) is 35.9 Å². The zero-order valence-corrected chi connectivity index (χ0v) is 17.8. The van der Waals surface area contributed by atoms with Crippen molar-refractivity contribution < 1.29 is 27.7 Å². The number of phosphoric acid groups is 1. The summed E-state index contributed by atoms with van der Waals surface area (Å²) in [5.74, 6) is -0.0993. The van der Waals surface area contributed by atoms with E-state index in [1.807, 2.05) is 30.3 Å². The van der Waals surface area contributed by atoms with Crippen LogP contribution in [0.3, 0.4) is 0 Å². The molecule has 156 valence electrons. The van der Waals surface area contributed by atoms with Crippen LogP contribution in [-0.4, -0.2) is 43.4 Å². The molecule has 2 N–H and O–H groups in total. The zero-order valence-electron chi connectivity index (χ0n) is 16.1. The van der Waals surface area contributed by atoms with Gasteiger partial charge >= 0.3 is 7.82 Å². The molecule has 1 heterocycles. The molecule has 1 aromatic rings. The van der Waals surface area contributed by atoms with E-state index in [9.17, 15) is 14.2 Å². The highest BCUT2D eigenvalue weighted by atomic mass is 32.1. The van der Waals surface area contributed by atoms with Gasteiger partial charge in [0, 0.05) is 30.7 Å². The second kappa shape index (κ2) is 10.4. The summed E-state index contributed by atoms with van der Waals surface area (Å²) in [7, 11) is -3.88. The van der Waals surface area contributed by atoms with Crippen LogP contribution in [0.25, 0.3) is 0 Å². The van der Waals surface area contributed by atoms with Crippen molar-refractivity contribution in [3.63, 3.8) is 0 Å². The van der Waals surface area contributed by atoms with Gasteiger partial charge in [0.05, 0.1) is 13.2 Å². The lowest BCUT2D eigenvalue weighted by atomic mass is 9.87. The van der Waals surface area contributed by atoms with Crippen molar-refractivity contribution in [2.24, 2.45) is 5.41 Å². The third-order valence-corrected chi connectivity index (χ3v) is 5.68. The highest BCUT2D eigenvalue weighted by Gasteiger charge is 2.49. The summed E-state index contributed by atoms with van der Waals surface area (Å²) < 4.78 is 29.0. The first-order valence-electron chi connectivity index (χ1n) is 9.02. The number of phosphoric ester groups is 1. The second-order valence-electron chi connectivity index (χ2n) is 7.07. The van der Waals surface area contributed by atoms with E-state index in [1.54, 1.807) is 13.8 Å². The average Bonchev–Trinajstić information content (AvgIpc) is 2.68. The first kappa shape index (κ1) is 22.9. The topological polar surface area (TPSA) is 103 Å². The van der Waals surface area contributed by atoms with Gasteiger partial charge in [0.2, 0.25) is 11.8 Å². The summed E-state index contributed by atoms with van der Waals surface area (Å²) in [6, 6.07) is 9.18. The summed E-state index contributed by atoms with van der Waals surface area (Å²) in [6.45, 7) is 4.24. The number of carbonyl (C=O) groups is 2. The molecule has 0 aliphatic carbocycles. The molecule has 2 amide bonds. The largest absolute Gasteiger partial charge is 0.475 e. The van der Waals surface area contributed by atoms with Crippen LogP contribution in [0.2, 0.25) is 0 Å². The molecule has 1 fully saturated rings. The van der Waals surface area contributed by atoms with E-state index >= 15 is 0 Å². The highest BCUT2D eigenvalue weighted by molar-refractivity contribution is 7.80. The van der Waals surface area contributed by atoms with Crippen LogP contribution in [-0.2, 0) is 34.3 Å². The molecular weight excluding hydrogens is 403 g/mol. The first-order valence-corrected chi connectivity index (χ1v) is 11.1. The van der Waals surface area contributed by atoms with Gasteiger partial charge in [-0.2, -0.15) is 12.6 Å². The van der Waals surface area contributed by atoms with Gasteiger partial charge in [-0.05, 0) is 5.56 Å². The summed E-state index contributed by atoms with van der Waals surface area (Å²) >= 11 is 4.01. The molecule has 0 spiro atoms. The van der Waals surface area contributed by atoms with E-state index in [4.69, 9.17) is 13.6 Å². The number of carbonyl (C=O) groups excluding carboxylic acids is 2. The van der Waals surface area contributed by atoms with Gasteiger partial charge in [0.25, 0.3) is 0 Å². The van der Waals surface area contributed by atoms with Crippen molar-refractivity contribution in [2.75, 3.05) is 25.4 Å². The molecule has 1 aromatic carbocycles. The fourth-order valence-electron chi connectivity index (χ4n) is 2.50. The summed E-state index contributed by atoms with van der Waals surface area (Å²) in [5.41, 5.74) is 0.102. The second-order valence-corrected chi connectivity index (χ2v) is 9.14. The van der Waals surface area contributed by atoms with Gasteiger partial charge < -0.3 is 10.6 Å². The molecular formula is C18H27N2O6PS. The molecule has 1 unspecified atom stereocenters. The quantitative estimate of drug-likeness (QED) is 0.410. The number of hydrogen-bond donors (Lipinski definition) is 3. The van der Waals surface area contributed by atoms with Crippen molar-refractivity contribution in [1.82, 2.24) is 10.6 Å². The fourth-order valence-corrected chi connectivity index (χ4v) is 4.24. The first-order chi connectivity index (χ1) is 13.3. The molecule has 0 aromatic heterocycles. The molecule has 2 rings (SSSR count). The number of thiol groups is 1. The van der Waals surface area contributed by atoms with Crippen LogP contribution >= 0.6 is 20.5 Å². The lowest BCUT2D eigenvalue weighted by molar-refractivity contribution is -0.141. The maximum atomic E-state index is 12.8. The Bertz CT molecular complexity index is 715. The monoisotopic (exact) mass is 430 g/mol. The standard InChI is InChI=1S/C18H27N2O6PS/c1-18(2)13-25-27(23,24-12-14-6-4-3-5-7-14)26-16(18)17(22)20-9-8-15(21)19-10-11-28/h3-7,16,28H,8-13H2,1-2H3,(H,19,21)(H,20,22)/t16-,27?/m1/s1. The van der Waals surface area contributed by atoms with Crippen LogP contribution in [0.5, 0.6) is 0 Å². The Kier molecular flexibility index (Phi) is 8.52. The minimum atomic E-state index is -3.88. The number of hydrogen-bond acceptors (Lipinski definition) is 7. The Morgan fingerprint density at radius 2 is 1.96 bits per heavy atom. The Hall–Kier alpha value is -1.38. The van der Waals surface area contributed by atoms with Crippen LogP contribution in [0.4, 0.5) is 0 Å². The van der Waals surface area contributed by atoms with Gasteiger partial charge in [-0.3, -0.25) is 23.2 Å². The van der Waals surface area contributed by atoms with Crippen LogP contribution in [0, 0.1) is 5.41 Å². The van der Waals surface area contributed by atoms with Crippen LogP contribution < -0.4 is 10.6 Å². The van der Waals surface area contributed by atoms with E-state index in [2.05, 4.69) is 23.3 Å². The van der Waals surface area contributed by atoms with Gasteiger partial charge in [-0.1, -0.05) is 44.2 Å². The molecule has 28 heavy (non-hydrogen) atoms. The summed E-state index contributed by atoms with van der Waals surface area (Å²) in [6.07, 6.45) is -0.894. The van der Waals surface area contributed by atoms with Crippen LogP contribution in [0.15, 0.2) is 30.3 Å². The fraction of sp³-hybridized carbons (Fsp3) is 0.556. The van der Waals surface area contributed by atoms with E-state index in [0.717, 1.165) is 5.56 Å². The third kappa shape index (κ3) is 6.90. The molecule has 8 nitrogen and oxygen atoms in total. The van der Waals surface area contributed by atoms with E-state index in [0.29, 0.717) is 12.3 Å². The third-order valence-electron chi connectivity index (χ3n) is 4.09. The summed E-state index contributed by atoms with van der Waals surface area (Å²) in [5, 5.41) is 5.32. The molecule has 10 heteroatoms. The van der Waals surface area contributed by atoms with E-state index in [-0.39, 0.29) is 32.1 Å². The summed E-state index contributed by atoms with van der Waals surface area (Å²) in [4.78, 5) is 24.2. The van der Waals surface area contributed by atoms with Gasteiger partial charge in [0.1, 0.15) is 0 Å². The predicted molar refractivity (Wildman–Crippen MR) is 108 cm³/mol. The number of rotatable bonds is 9.